The van der Waals surface area contributed by atoms with Gasteiger partial charge in [-0.25, -0.2) is 18.1 Å². The molecule has 0 unspecified atom stereocenters. The maximum atomic E-state index is 12.4. The number of sulfonamides is 1. The summed E-state index contributed by atoms with van der Waals surface area (Å²) in [5, 5.41) is 6.36. The van der Waals surface area contributed by atoms with Gasteiger partial charge in [-0.05, 0) is 60.7 Å². The molecule has 0 radical (unpaired) electrons. The first-order valence-corrected chi connectivity index (χ1v) is 14.5. The molecule has 0 bridgehead atoms. The fourth-order valence-electron chi connectivity index (χ4n) is 4.09. The molecule has 10 nitrogen and oxygen atoms in total. The molecule has 0 atom stereocenters. The number of para-hydroxylation sites is 1. The number of piperazine rings is 1. The summed E-state index contributed by atoms with van der Waals surface area (Å²) in [5.41, 5.74) is 2.25. The third kappa shape index (κ3) is 6.50. The monoisotopic (exact) mass is 589 g/mol. The van der Waals surface area contributed by atoms with Crippen molar-refractivity contribution in [3.8, 4) is 5.75 Å². The van der Waals surface area contributed by atoms with Crippen molar-refractivity contribution in [2.75, 3.05) is 61.9 Å². The molecule has 1 fully saturated rings. The average Bonchev–Trinajstić information content (AvgIpc) is 2.92. The third-order valence-electron chi connectivity index (χ3n) is 6.14. The minimum absolute atomic E-state index is 0.117. The third-order valence-corrected chi connectivity index (χ3v) is 8.19. The highest BCUT2D eigenvalue weighted by Gasteiger charge is 2.19. The van der Waals surface area contributed by atoms with E-state index in [1.54, 1.807) is 24.4 Å². The van der Waals surface area contributed by atoms with Crippen molar-refractivity contribution < 1.29 is 13.2 Å². The Hall–Kier alpha value is -2.93. The minimum atomic E-state index is -3.66. The number of hydrogen-bond acceptors (Lipinski definition) is 9. The molecule has 0 saturated carbocycles. The summed E-state index contributed by atoms with van der Waals surface area (Å²) in [6.07, 6.45) is 1.61. The van der Waals surface area contributed by atoms with Gasteiger partial charge >= 0.3 is 0 Å². The lowest BCUT2D eigenvalue weighted by Crippen LogP contribution is -2.46. The highest BCUT2D eigenvalue weighted by molar-refractivity contribution is 9.10. The van der Waals surface area contributed by atoms with Crippen LogP contribution in [0.15, 0.2) is 58.0 Å². The average molecular weight is 591 g/mol. The first-order valence-electron chi connectivity index (χ1n) is 12.2. The van der Waals surface area contributed by atoms with Crippen LogP contribution >= 0.6 is 15.9 Å². The fraction of sp³-hybridized carbons (Fsp3) is 0.360. The summed E-state index contributed by atoms with van der Waals surface area (Å²) in [6.45, 7) is 9.77. The number of rotatable bonds is 10. The second kappa shape index (κ2) is 12.1. The van der Waals surface area contributed by atoms with E-state index < -0.39 is 10.0 Å². The van der Waals surface area contributed by atoms with Crippen LogP contribution in [0.2, 0.25) is 0 Å². The second-order valence-corrected chi connectivity index (χ2v) is 11.1. The van der Waals surface area contributed by atoms with Crippen LogP contribution in [0.25, 0.3) is 0 Å². The van der Waals surface area contributed by atoms with Crippen LogP contribution in [-0.2, 0) is 10.0 Å². The molecule has 1 aliphatic rings. The largest absolute Gasteiger partial charge is 0.492 e. The lowest BCUT2D eigenvalue weighted by Gasteiger charge is -2.35. The zero-order chi connectivity index (χ0) is 26.4. The van der Waals surface area contributed by atoms with E-state index in [9.17, 15) is 8.42 Å². The minimum Gasteiger partial charge on any atom is -0.492 e. The number of nitrogens with one attached hydrogen (secondary N) is 3. The van der Waals surface area contributed by atoms with Crippen LogP contribution in [-0.4, -0.2) is 69.7 Å². The molecular formula is C25H32BrN7O3S. The summed E-state index contributed by atoms with van der Waals surface area (Å²) in [5.74, 6) is 1.47. The van der Waals surface area contributed by atoms with Gasteiger partial charge < -0.3 is 25.2 Å². The van der Waals surface area contributed by atoms with Gasteiger partial charge in [-0.1, -0.05) is 19.1 Å². The van der Waals surface area contributed by atoms with Crippen molar-refractivity contribution in [3.05, 3.63) is 53.1 Å². The molecule has 0 amide bonds. The predicted molar refractivity (Wildman–Crippen MR) is 151 cm³/mol. The van der Waals surface area contributed by atoms with Gasteiger partial charge in [0.1, 0.15) is 16.5 Å². The van der Waals surface area contributed by atoms with Crippen LogP contribution in [0.5, 0.6) is 5.75 Å². The van der Waals surface area contributed by atoms with Crippen molar-refractivity contribution in [1.29, 1.82) is 0 Å². The summed E-state index contributed by atoms with van der Waals surface area (Å²) < 4.78 is 33.8. The Morgan fingerprint density at radius 2 is 1.78 bits per heavy atom. The molecule has 1 aromatic heterocycles. The quantitative estimate of drug-likeness (QED) is 0.320. The fourth-order valence-corrected chi connectivity index (χ4v) is 5.26. The Bertz CT molecular complexity index is 1330. The maximum absolute atomic E-state index is 12.4. The van der Waals surface area contributed by atoms with Crippen LogP contribution < -0.4 is 25.0 Å². The molecule has 3 aromatic rings. The van der Waals surface area contributed by atoms with Gasteiger partial charge in [0.25, 0.3) is 0 Å². The van der Waals surface area contributed by atoms with Gasteiger partial charge in [0.05, 0.1) is 22.5 Å². The van der Waals surface area contributed by atoms with Crippen LogP contribution in [0.4, 0.5) is 28.8 Å². The molecule has 12 heteroatoms. The van der Waals surface area contributed by atoms with Crippen molar-refractivity contribution >= 4 is 54.8 Å². The Morgan fingerprint density at radius 1 is 1.03 bits per heavy atom. The lowest BCUT2D eigenvalue weighted by molar-refractivity contribution is 0.271. The number of benzene rings is 2. The van der Waals surface area contributed by atoms with Gasteiger partial charge in [-0.15, -0.1) is 0 Å². The smallest absolute Gasteiger partial charge is 0.242 e. The number of aromatic nitrogens is 2. The highest BCUT2D eigenvalue weighted by atomic mass is 79.9. The van der Waals surface area contributed by atoms with E-state index in [1.807, 2.05) is 19.1 Å². The molecule has 2 heterocycles. The first-order chi connectivity index (χ1) is 17.8. The zero-order valence-corrected chi connectivity index (χ0v) is 23.6. The van der Waals surface area contributed by atoms with Crippen LogP contribution in [0.3, 0.4) is 0 Å². The molecule has 3 N–H and O–H groups in total. The summed E-state index contributed by atoms with van der Waals surface area (Å²) in [7, 11) is -2.28. The number of anilines is 5. The Balaban J connectivity index is 1.57. The number of ether oxygens (including phenoxy) is 1. The standard InChI is InChI=1S/C25H32BrN7O3S/c1-4-32-12-14-33(15-13-32)18-10-11-20(22(16-18)36-5-2)30-25-28-17-19(26)24(31-25)29-21-8-6-7-9-23(21)37(34,35)27-3/h6-11,16-17,27H,4-5,12-15H2,1-3H3,(H2,28,29,30,31). The lowest BCUT2D eigenvalue weighted by atomic mass is 10.2. The van der Waals surface area contributed by atoms with Gasteiger partial charge in [-0.3, -0.25) is 0 Å². The van der Waals surface area contributed by atoms with E-state index in [2.05, 4.69) is 64.0 Å². The number of halogens is 1. The van der Waals surface area contributed by atoms with Crippen LogP contribution in [0, 0.1) is 0 Å². The number of hydrogen-bond donors (Lipinski definition) is 3. The Morgan fingerprint density at radius 3 is 2.49 bits per heavy atom. The Labute approximate surface area is 226 Å². The summed E-state index contributed by atoms with van der Waals surface area (Å²) >= 11 is 3.45. The highest BCUT2D eigenvalue weighted by Crippen LogP contribution is 2.34. The number of nitrogens with zero attached hydrogens (tertiary/aromatic N) is 4. The molecular weight excluding hydrogens is 558 g/mol. The summed E-state index contributed by atoms with van der Waals surface area (Å²) in [4.78, 5) is 13.9. The van der Waals surface area contributed by atoms with Crippen molar-refractivity contribution in [3.63, 3.8) is 0 Å². The molecule has 198 valence electrons. The van der Waals surface area contributed by atoms with Crippen molar-refractivity contribution in [2.45, 2.75) is 18.7 Å². The maximum Gasteiger partial charge on any atom is 0.242 e. The normalized spacial score (nSPS) is 14.4. The molecule has 2 aromatic carbocycles. The summed E-state index contributed by atoms with van der Waals surface area (Å²) in [6, 6.07) is 12.7. The first kappa shape index (κ1) is 27.1. The topological polar surface area (TPSA) is 112 Å². The van der Waals surface area contributed by atoms with Gasteiger partial charge in [0, 0.05) is 44.1 Å². The van der Waals surface area contributed by atoms with E-state index in [-0.39, 0.29) is 4.90 Å². The van der Waals surface area contributed by atoms with E-state index in [0.29, 0.717) is 34.3 Å². The predicted octanol–water partition coefficient (Wildman–Crippen LogP) is 4.18. The molecule has 0 aliphatic carbocycles. The SMILES string of the molecule is CCOc1cc(N2CCN(CC)CC2)ccc1Nc1ncc(Br)c(Nc2ccccc2S(=O)(=O)NC)n1. The van der Waals surface area contributed by atoms with E-state index in [1.165, 1.54) is 13.1 Å². The second-order valence-electron chi connectivity index (χ2n) is 8.38. The van der Waals surface area contributed by atoms with Crippen molar-refractivity contribution in [2.24, 2.45) is 0 Å². The van der Waals surface area contributed by atoms with Gasteiger partial charge in [0.2, 0.25) is 16.0 Å². The molecule has 1 saturated heterocycles. The Kier molecular flexibility index (Phi) is 8.85. The molecule has 4 rings (SSSR count). The van der Waals surface area contributed by atoms with E-state index in [0.717, 1.165) is 44.1 Å². The van der Waals surface area contributed by atoms with E-state index >= 15 is 0 Å². The van der Waals surface area contributed by atoms with Crippen molar-refractivity contribution in [1.82, 2.24) is 19.6 Å². The molecule has 37 heavy (non-hydrogen) atoms. The molecule has 0 spiro atoms. The zero-order valence-electron chi connectivity index (χ0n) is 21.2. The van der Waals surface area contributed by atoms with Crippen LogP contribution in [0.1, 0.15) is 13.8 Å². The van der Waals surface area contributed by atoms with E-state index in [4.69, 9.17) is 4.74 Å². The van der Waals surface area contributed by atoms with Gasteiger partial charge in [0.15, 0.2) is 0 Å². The number of likely N-dealkylation sites (N-methyl/N-ethyl adjacent to an activating group) is 1. The molecule has 1 aliphatic heterocycles. The van der Waals surface area contributed by atoms with Gasteiger partial charge in [-0.2, -0.15) is 4.98 Å².